The van der Waals surface area contributed by atoms with Crippen LogP contribution >= 0.6 is 15.9 Å². The summed E-state index contributed by atoms with van der Waals surface area (Å²) in [6, 6.07) is 3.87. The van der Waals surface area contributed by atoms with Crippen LogP contribution in [0.4, 0.5) is 0 Å². The Labute approximate surface area is 129 Å². The first-order valence-electron chi connectivity index (χ1n) is 6.74. The predicted octanol–water partition coefficient (Wildman–Crippen LogP) is 2.78. The van der Waals surface area contributed by atoms with Gasteiger partial charge in [-0.2, -0.15) is 0 Å². The lowest BCUT2D eigenvalue weighted by molar-refractivity contribution is 0.188. The second kappa shape index (κ2) is 3.88. The number of aromatic nitrogens is 3. The van der Waals surface area contributed by atoms with Crippen LogP contribution in [0.2, 0.25) is 0 Å². The van der Waals surface area contributed by atoms with Gasteiger partial charge in [0.25, 0.3) is 0 Å². The molecule has 21 heavy (non-hydrogen) atoms. The lowest BCUT2D eigenvalue weighted by atomic mass is 10.1. The minimum absolute atomic E-state index is 0.0410. The lowest BCUT2D eigenvalue weighted by Crippen LogP contribution is -2.40. The topological polar surface area (TPSA) is 49.0 Å². The number of hydrogen-bond acceptors (Lipinski definition) is 3. The summed E-state index contributed by atoms with van der Waals surface area (Å²) in [4.78, 5) is 17.2. The lowest BCUT2D eigenvalue weighted by Gasteiger charge is -2.24. The molecule has 5 nitrogen and oxygen atoms in total. The number of aryl methyl sites for hydroxylation is 1. The number of rotatable bonds is 0. The number of pyridine rings is 1. The van der Waals surface area contributed by atoms with Crippen LogP contribution in [0.5, 0.6) is 5.75 Å². The van der Waals surface area contributed by atoms with Gasteiger partial charge >= 0.3 is 5.69 Å². The Kier molecular flexibility index (Phi) is 2.38. The van der Waals surface area contributed by atoms with Crippen molar-refractivity contribution in [3.63, 3.8) is 0 Å². The van der Waals surface area contributed by atoms with E-state index in [0.29, 0.717) is 6.61 Å². The summed E-state index contributed by atoms with van der Waals surface area (Å²) in [5, 5.41) is 0.894. The Bertz CT molecular complexity index is 969. The van der Waals surface area contributed by atoms with Gasteiger partial charge in [-0.3, -0.25) is 14.1 Å². The monoisotopic (exact) mass is 347 g/mol. The van der Waals surface area contributed by atoms with Crippen LogP contribution < -0.4 is 10.4 Å². The molecule has 0 N–H and O–H groups in total. The van der Waals surface area contributed by atoms with Gasteiger partial charge < -0.3 is 4.74 Å². The fourth-order valence-electron chi connectivity index (χ4n) is 3.04. The summed E-state index contributed by atoms with van der Waals surface area (Å²) in [6.07, 6.45) is 1.76. The molecular formula is C15H14BrN3O2. The molecule has 3 heterocycles. The van der Waals surface area contributed by atoms with Crippen LogP contribution in [0.15, 0.2) is 27.6 Å². The maximum absolute atomic E-state index is 12.7. The van der Waals surface area contributed by atoms with E-state index in [4.69, 9.17) is 4.74 Å². The van der Waals surface area contributed by atoms with Crippen molar-refractivity contribution in [1.82, 2.24) is 14.1 Å². The average Bonchev–Trinajstić information content (AvgIpc) is 2.62. The first-order valence-corrected chi connectivity index (χ1v) is 7.53. The average molecular weight is 348 g/mol. The molecular weight excluding hydrogens is 334 g/mol. The van der Waals surface area contributed by atoms with Gasteiger partial charge in [0.2, 0.25) is 0 Å². The van der Waals surface area contributed by atoms with Crippen molar-refractivity contribution in [2.75, 3.05) is 6.61 Å². The normalized spacial score (nSPS) is 16.4. The van der Waals surface area contributed by atoms with Crippen molar-refractivity contribution in [3.05, 3.63) is 33.3 Å². The zero-order valence-electron chi connectivity index (χ0n) is 12.0. The third-order valence-electron chi connectivity index (χ3n) is 4.13. The second-order valence-corrected chi connectivity index (χ2v) is 6.90. The molecule has 3 aromatic rings. The molecule has 1 aromatic carbocycles. The standard InChI is InChI=1S/C15H14BrN3O2/c1-15(2)7-21-13-8(16)4-5-9-11(13)12-10(6-17-9)18(3)14(20)19(12)15/h4-6H,7H2,1-3H3. The maximum Gasteiger partial charge on any atom is 0.329 e. The van der Waals surface area contributed by atoms with Crippen molar-refractivity contribution >= 4 is 37.9 Å². The molecule has 1 aliphatic rings. The van der Waals surface area contributed by atoms with Gasteiger partial charge in [-0.15, -0.1) is 0 Å². The van der Waals surface area contributed by atoms with E-state index in [2.05, 4.69) is 20.9 Å². The fraction of sp³-hybridized carbons (Fsp3) is 0.333. The van der Waals surface area contributed by atoms with Crippen molar-refractivity contribution < 1.29 is 4.74 Å². The Hall–Kier alpha value is -1.82. The quantitative estimate of drug-likeness (QED) is 0.628. The third-order valence-corrected chi connectivity index (χ3v) is 4.76. The van der Waals surface area contributed by atoms with Crippen molar-refractivity contribution in [2.24, 2.45) is 7.05 Å². The van der Waals surface area contributed by atoms with Crippen LogP contribution in [0.1, 0.15) is 13.8 Å². The zero-order valence-corrected chi connectivity index (χ0v) is 13.6. The number of hydrogen-bond donors (Lipinski definition) is 0. The predicted molar refractivity (Wildman–Crippen MR) is 85.0 cm³/mol. The minimum atomic E-state index is -0.427. The van der Waals surface area contributed by atoms with Crippen molar-refractivity contribution in [1.29, 1.82) is 0 Å². The Morgan fingerprint density at radius 3 is 2.90 bits per heavy atom. The largest absolute Gasteiger partial charge is 0.489 e. The van der Waals surface area contributed by atoms with Crippen LogP contribution in [-0.2, 0) is 12.6 Å². The van der Waals surface area contributed by atoms with Crippen LogP contribution in [0.3, 0.4) is 0 Å². The van der Waals surface area contributed by atoms with Gasteiger partial charge in [-0.1, -0.05) is 0 Å². The zero-order chi connectivity index (χ0) is 14.9. The molecule has 0 spiro atoms. The third kappa shape index (κ3) is 1.51. The van der Waals surface area contributed by atoms with Crippen molar-refractivity contribution in [2.45, 2.75) is 19.4 Å². The minimum Gasteiger partial charge on any atom is -0.489 e. The number of halogens is 1. The van der Waals surface area contributed by atoms with Gasteiger partial charge in [0, 0.05) is 7.05 Å². The molecule has 0 aliphatic carbocycles. The van der Waals surface area contributed by atoms with E-state index >= 15 is 0 Å². The fourth-order valence-corrected chi connectivity index (χ4v) is 3.48. The van der Waals surface area contributed by atoms with E-state index in [9.17, 15) is 4.79 Å². The summed E-state index contributed by atoms with van der Waals surface area (Å²) >= 11 is 3.54. The molecule has 0 atom stereocenters. The molecule has 0 saturated heterocycles. The smallest absolute Gasteiger partial charge is 0.329 e. The van der Waals surface area contributed by atoms with Gasteiger partial charge in [0.15, 0.2) is 0 Å². The molecule has 0 unspecified atom stereocenters. The molecule has 0 radical (unpaired) electrons. The SMILES string of the molecule is Cn1c(=O)n2c3c4c(c(Br)ccc4ncc31)OCC2(C)C. The second-order valence-electron chi connectivity index (χ2n) is 6.04. The van der Waals surface area contributed by atoms with E-state index in [1.807, 2.05) is 30.5 Å². The number of benzene rings is 1. The molecule has 0 saturated carbocycles. The van der Waals surface area contributed by atoms with E-state index in [1.165, 1.54) is 0 Å². The highest BCUT2D eigenvalue weighted by atomic mass is 79.9. The number of imidazole rings is 1. The Morgan fingerprint density at radius 1 is 1.38 bits per heavy atom. The molecule has 108 valence electrons. The molecule has 4 rings (SSSR count). The first-order chi connectivity index (χ1) is 9.92. The summed E-state index contributed by atoms with van der Waals surface area (Å²) in [7, 11) is 1.78. The molecule has 1 aliphatic heterocycles. The van der Waals surface area contributed by atoms with E-state index < -0.39 is 5.54 Å². The molecule has 2 aromatic heterocycles. The Morgan fingerprint density at radius 2 is 2.14 bits per heavy atom. The number of nitrogens with zero attached hydrogens (tertiary/aromatic N) is 3. The van der Waals surface area contributed by atoms with Gasteiger partial charge in [0.1, 0.15) is 12.4 Å². The van der Waals surface area contributed by atoms with Crippen LogP contribution in [0, 0.1) is 0 Å². The van der Waals surface area contributed by atoms with Gasteiger partial charge in [-0.25, -0.2) is 4.79 Å². The van der Waals surface area contributed by atoms with Crippen molar-refractivity contribution in [3.8, 4) is 5.75 Å². The number of ether oxygens (including phenoxy) is 1. The molecule has 0 amide bonds. The highest BCUT2D eigenvalue weighted by Gasteiger charge is 2.32. The molecule has 0 bridgehead atoms. The van der Waals surface area contributed by atoms with E-state index in [0.717, 1.165) is 32.2 Å². The summed E-state index contributed by atoms with van der Waals surface area (Å²) in [5.41, 5.74) is 2.08. The van der Waals surface area contributed by atoms with Gasteiger partial charge in [-0.05, 0) is 41.9 Å². The summed E-state index contributed by atoms with van der Waals surface area (Å²) < 4.78 is 10.4. The summed E-state index contributed by atoms with van der Waals surface area (Å²) in [6.45, 7) is 4.46. The van der Waals surface area contributed by atoms with E-state index in [1.54, 1.807) is 17.8 Å². The molecule has 0 fully saturated rings. The first kappa shape index (κ1) is 12.9. The van der Waals surface area contributed by atoms with E-state index in [-0.39, 0.29) is 5.69 Å². The van der Waals surface area contributed by atoms with Gasteiger partial charge in [0.05, 0.1) is 38.1 Å². The highest BCUT2D eigenvalue weighted by molar-refractivity contribution is 9.10. The Balaban J connectivity index is 2.40. The molecule has 6 heteroatoms. The summed E-state index contributed by atoms with van der Waals surface area (Å²) in [5.74, 6) is 0.760. The highest BCUT2D eigenvalue weighted by Crippen LogP contribution is 2.40. The van der Waals surface area contributed by atoms with Crippen LogP contribution in [0.25, 0.3) is 21.9 Å². The maximum atomic E-state index is 12.7. The van der Waals surface area contributed by atoms with Crippen LogP contribution in [-0.4, -0.2) is 20.7 Å².